The number of hydrogen-bond donors (Lipinski definition) is 0. The van der Waals surface area contributed by atoms with Crippen molar-refractivity contribution in [3.63, 3.8) is 0 Å². The van der Waals surface area contributed by atoms with Gasteiger partial charge >= 0.3 is 5.97 Å². The van der Waals surface area contributed by atoms with E-state index in [4.69, 9.17) is 23.7 Å². The number of hydrogen-bond acceptors (Lipinski definition) is 6. The maximum atomic E-state index is 12.5. The molecule has 7 heteroatoms. The third-order valence-electron chi connectivity index (χ3n) is 4.88. The summed E-state index contributed by atoms with van der Waals surface area (Å²) in [6.07, 6.45) is 0. The average Bonchev–Trinajstić information content (AvgIpc) is 2.89. The normalized spacial score (nSPS) is 9.71. The number of rotatable bonds is 7. The molecule has 4 aromatic carbocycles. The summed E-state index contributed by atoms with van der Waals surface area (Å²) in [6.45, 7) is 2.45. The maximum Gasteiger partial charge on any atom is 0.343 e. The molecule has 2 N–H and O–H groups in total. The molecule has 0 heterocycles. The molecule has 0 fully saturated rings. The first kappa shape index (κ1) is 25.9. The van der Waals surface area contributed by atoms with E-state index in [9.17, 15) is 4.79 Å². The fourth-order valence-electron chi connectivity index (χ4n) is 3.16. The molecule has 34 heavy (non-hydrogen) atoms. The van der Waals surface area contributed by atoms with Crippen molar-refractivity contribution in [2.45, 2.75) is 6.61 Å². The Hall–Kier alpha value is -4.36. The van der Waals surface area contributed by atoms with E-state index >= 15 is 0 Å². The Morgan fingerprint density at radius 1 is 0.676 bits per heavy atom. The highest BCUT2D eigenvalue weighted by atomic mass is 16.5. The second kappa shape index (κ2) is 12.6. The second-order valence-corrected chi connectivity index (χ2v) is 6.93. The van der Waals surface area contributed by atoms with Gasteiger partial charge in [0, 0.05) is 0 Å². The van der Waals surface area contributed by atoms with E-state index in [1.165, 1.54) is 0 Å². The molecule has 0 radical (unpaired) electrons. The first-order chi connectivity index (χ1) is 16.1. The Bertz CT molecular complexity index is 1200. The lowest BCUT2D eigenvalue weighted by Gasteiger charge is -2.09. The van der Waals surface area contributed by atoms with Gasteiger partial charge in [0.2, 0.25) is 0 Å². The van der Waals surface area contributed by atoms with Gasteiger partial charge in [0.05, 0.1) is 19.8 Å². The highest BCUT2D eigenvalue weighted by Crippen LogP contribution is 2.23. The van der Waals surface area contributed by atoms with Crippen LogP contribution in [0.1, 0.15) is 15.9 Å². The summed E-state index contributed by atoms with van der Waals surface area (Å²) in [5.74, 6) is 2.34. The second-order valence-electron chi connectivity index (χ2n) is 6.93. The monoisotopic (exact) mass is 462 g/mol. The zero-order chi connectivity index (χ0) is 23.6. The van der Waals surface area contributed by atoms with Gasteiger partial charge in [-0.15, -0.1) is 0 Å². The van der Waals surface area contributed by atoms with Gasteiger partial charge in [-0.05, 0) is 83.1 Å². The lowest BCUT2D eigenvalue weighted by molar-refractivity contribution is -0.0980. The molecule has 0 aliphatic carbocycles. The number of carbonyl (C=O) groups is 2. The van der Waals surface area contributed by atoms with Gasteiger partial charge in [0.1, 0.15) is 36.4 Å². The van der Waals surface area contributed by atoms with Crippen LogP contribution in [0.3, 0.4) is 0 Å². The van der Waals surface area contributed by atoms with Crippen molar-refractivity contribution in [2.24, 2.45) is 0 Å². The van der Waals surface area contributed by atoms with Gasteiger partial charge in [-0.1, -0.05) is 18.2 Å². The Morgan fingerprint density at radius 3 is 1.76 bits per heavy atom. The molecule has 0 atom stereocenters. The third kappa shape index (κ3) is 6.57. The summed E-state index contributed by atoms with van der Waals surface area (Å²) in [5, 5.41) is 1.98. The average molecular weight is 462 g/mol. The van der Waals surface area contributed by atoms with Crippen molar-refractivity contribution in [2.75, 3.05) is 14.2 Å². The molecule has 0 spiro atoms. The number of methoxy groups -OCH3 is 2. The van der Waals surface area contributed by atoms with Crippen molar-refractivity contribution < 1.29 is 34.0 Å². The number of carbonyl (C=O) groups excluding carboxylic acids is 2. The third-order valence-corrected chi connectivity index (χ3v) is 4.88. The van der Waals surface area contributed by atoms with Crippen LogP contribution in [-0.2, 0) is 11.4 Å². The lowest BCUT2D eigenvalue weighted by atomic mass is 10.0. The van der Waals surface area contributed by atoms with Crippen molar-refractivity contribution in [3.8, 4) is 23.0 Å². The molecule has 0 unspecified atom stereocenters. The van der Waals surface area contributed by atoms with Crippen molar-refractivity contribution in [3.05, 3.63) is 96.1 Å². The Morgan fingerprint density at radius 2 is 1.18 bits per heavy atom. The summed E-state index contributed by atoms with van der Waals surface area (Å²) in [4.78, 5) is 20.5. The van der Waals surface area contributed by atoms with Crippen LogP contribution in [-0.4, -0.2) is 32.5 Å². The topological polar surface area (TPSA) is 103 Å². The maximum absolute atomic E-state index is 12.5. The summed E-state index contributed by atoms with van der Waals surface area (Å²) in [6, 6.07) is 25.9. The van der Waals surface area contributed by atoms with E-state index in [2.05, 4.69) is 6.07 Å². The van der Waals surface area contributed by atoms with Crippen LogP contribution in [0.4, 0.5) is 0 Å². The molecule has 176 valence electrons. The van der Waals surface area contributed by atoms with Crippen LogP contribution < -0.4 is 18.9 Å². The molecule has 0 aromatic heterocycles. The van der Waals surface area contributed by atoms with Gasteiger partial charge in [0.25, 0.3) is 0 Å². The highest BCUT2D eigenvalue weighted by Gasteiger charge is 2.10. The molecule has 0 bridgehead atoms. The highest BCUT2D eigenvalue weighted by molar-refractivity contribution is 5.96. The molecule has 0 amide bonds. The van der Waals surface area contributed by atoms with Crippen molar-refractivity contribution in [1.82, 2.24) is 0 Å². The summed E-state index contributed by atoms with van der Waals surface area (Å²) < 4.78 is 21.6. The fourth-order valence-corrected chi connectivity index (χ4v) is 3.16. The predicted octanol–water partition coefficient (Wildman–Crippen LogP) is 4.65. The van der Waals surface area contributed by atoms with Crippen LogP contribution >= 0.6 is 0 Å². The summed E-state index contributed by atoms with van der Waals surface area (Å²) >= 11 is 0. The van der Waals surface area contributed by atoms with Gasteiger partial charge < -0.3 is 29.2 Å². The molecule has 7 nitrogen and oxygen atoms in total. The van der Waals surface area contributed by atoms with Gasteiger partial charge in [-0.3, -0.25) is 0 Å². The van der Waals surface area contributed by atoms with Crippen LogP contribution in [0.15, 0.2) is 84.9 Å². The van der Waals surface area contributed by atoms with Crippen LogP contribution in [0.25, 0.3) is 10.8 Å². The zero-order valence-electron chi connectivity index (χ0n) is 18.9. The van der Waals surface area contributed by atoms with Gasteiger partial charge in [-0.2, -0.15) is 0 Å². The predicted molar refractivity (Wildman–Crippen MR) is 130 cm³/mol. The molecule has 0 saturated heterocycles. The summed E-state index contributed by atoms with van der Waals surface area (Å²) in [7, 11) is 3.22. The molecule has 4 aromatic rings. The number of benzene rings is 4. The minimum atomic E-state index is -0.404. The zero-order valence-corrected chi connectivity index (χ0v) is 18.9. The summed E-state index contributed by atoms with van der Waals surface area (Å²) in [5.41, 5.74) is 1.53. The van der Waals surface area contributed by atoms with Crippen LogP contribution in [0.5, 0.6) is 23.0 Å². The number of fused-ring (bicyclic) bond motifs is 1. The molecule has 0 aliphatic rings. The Kier molecular flexibility index (Phi) is 9.61. The Labute approximate surface area is 197 Å². The molecular weight excluding hydrogens is 436 g/mol. The van der Waals surface area contributed by atoms with Crippen LogP contribution in [0, 0.1) is 0 Å². The molecule has 4 rings (SSSR count). The largest absolute Gasteiger partial charge is 0.497 e. The Balaban J connectivity index is 0.00000133. The minimum absolute atomic E-state index is 0. The van der Waals surface area contributed by atoms with Crippen LogP contribution in [0.2, 0.25) is 0 Å². The number of esters is 1. The molecule has 0 saturated carbocycles. The standard InChI is InChI=1S/C26H22O5.CH2O.H2O/c1-28-22-7-11-24(12-8-22)30-17-18-3-4-20-16-21(6-5-19(20)15-18)26(27)31-25-13-9-23(29-2)10-14-25;1-2;/h3-16H,17H2,1-2H3;1H2;1H2. The van der Waals surface area contributed by atoms with E-state index in [0.29, 0.717) is 23.7 Å². The van der Waals surface area contributed by atoms with Gasteiger partial charge in [-0.25, -0.2) is 4.79 Å². The molecule has 0 aliphatic heterocycles. The molecular formula is C27H26O7. The van der Waals surface area contributed by atoms with E-state index in [1.807, 2.05) is 55.3 Å². The number of ether oxygens (including phenoxy) is 4. The van der Waals surface area contributed by atoms with E-state index in [-0.39, 0.29) is 5.48 Å². The van der Waals surface area contributed by atoms with Crippen molar-refractivity contribution >= 4 is 23.5 Å². The van der Waals surface area contributed by atoms with Crippen molar-refractivity contribution in [1.29, 1.82) is 0 Å². The SMILES string of the molecule is C=O.COc1ccc(OCc2ccc3cc(C(=O)Oc4ccc(OC)cc4)ccc3c2)cc1.O. The van der Waals surface area contributed by atoms with E-state index in [1.54, 1.807) is 44.6 Å². The lowest BCUT2D eigenvalue weighted by Crippen LogP contribution is -2.08. The first-order valence-electron chi connectivity index (χ1n) is 10.1. The van der Waals surface area contributed by atoms with E-state index in [0.717, 1.165) is 27.8 Å². The smallest absolute Gasteiger partial charge is 0.343 e. The quantitative estimate of drug-likeness (QED) is 0.293. The first-order valence-corrected chi connectivity index (χ1v) is 10.1. The fraction of sp³-hybridized carbons (Fsp3) is 0.111. The van der Waals surface area contributed by atoms with Gasteiger partial charge in [0.15, 0.2) is 0 Å². The van der Waals surface area contributed by atoms with E-state index < -0.39 is 5.97 Å². The minimum Gasteiger partial charge on any atom is -0.497 e.